The zero-order chi connectivity index (χ0) is 22.1. The van der Waals surface area contributed by atoms with Crippen LogP contribution >= 0.6 is 12.2 Å². The van der Waals surface area contributed by atoms with Crippen LogP contribution in [0.2, 0.25) is 0 Å². The highest BCUT2D eigenvalue weighted by Crippen LogP contribution is 2.17. The van der Waals surface area contributed by atoms with Crippen LogP contribution in [0.5, 0.6) is 5.88 Å². The standard InChI is InChI=1S/C20H22N4O5S/c1-2-10-24-18(27)15(17(26)23-19(24)30)11-14(8-9-16(21)25)22-20(28)29-12-13-6-4-3-5-7-13/h2-7,11,27H,1,8-10,12H2,(H2,21,25)(H,22,28)(H,23,26,30). The van der Waals surface area contributed by atoms with Crippen LogP contribution in [0, 0.1) is 4.77 Å². The Morgan fingerprint density at radius 3 is 2.63 bits per heavy atom. The Kier molecular flexibility index (Phi) is 8.12. The predicted molar refractivity (Wildman–Crippen MR) is 114 cm³/mol. The molecule has 0 saturated carbocycles. The highest BCUT2D eigenvalue weighted by molar-refractivity contribution is 7.71. The summed E-state index contributed by atoms with van der Waals surface area (Å²) in [7, 11) is 0. The topological polar surface area (TPSA) is 139 Å². The van der Waals surface area contributed by atoms with Gasteiger partial charge in [-0.05, 0) is 30.3 Å². The predicted octanol–water partition coefficient (Wildman–Crippen LogP) is 2.33. The number of hydrogen-bond acceptors (Lipinski definition) is 6. The molecule has 0 aliphatic heterocycles. The number of allylic oxidation sites excluding steroid dienone is 2. The van der Waals surface area contributed by atoms with Gasteiger partial charge in [0, 0.05) is 18.7 Å². The summed E-state index contributed by atoms with van der Waals surface area (Å²) in [6, 6.07) is 9.05. The lowest BCUT2D eigenvalue weighted by Crippen LogP contribution is -2.25. The average Bonchev–Trinajstić information content (AvgIpc) is 2.71. The number of hydrogen-bond donors (Lipinski definition) is 4. The van der Waals surface area contributed by atoms with E-state index >= 15 is 0 Å². The molecule has 5 N–H and O–H groups in total. The van der Waals surface area contributed by atoms with E-state index in [9.17, 15) is 19.5 Å². The summed E-state index contributed by atoms with van der Waals surface area (Å²) < 4.78 is 6.43. The van der Waals surface area contributed by atoms with Crippen molar-refractivity contribution < 1.29 is 19.4 Å². The van der Waals surface area contributed by atoms with Gasteiger partial charge in [0.15, 0.2) is 4.77 Å². The summed E-state index contributed by atoms with van der Waals surface area (Å²) in [6.07, 6.45) is 1.88. The normalized spacial score (nSPS) is 11.0. The van der Waals surface area contributed by atoms with Gasteiger partial charge in [-0.15, -0.1) is 6.58 Å². The molecule has 0 aliphatic carbocycles. The molecule has 1 aromatic heterocycles. The van der Waals surface area contributed by atoms with Gasteiger partial charge in [-0.3, -0.25) is 24.5 Å². The van der Waals surface area contributed by atoms with Crippen LogP contribution in [0.4, 0.5) is 4.79 Å². The van der Waals surface area contributed by atoms with Crippen molar-refractivity contribution in [3.8, 4) is 5.88 Å². The Hall–Kier alpha value is -3.66. The first-order valence-corrected chi connectivity index (χ1v) is 9.36. The van der Waals surface area contributed by atoms with Crippen molar-refractivity contribution in [1.82, 2.24) is 14.9 Å². The summed E-state index contributed by atoms with van der Waals surface area (Å²) in [5, 5.41) is 12.9. The van der Waals surface area contributed by atoms with E-state index in [4.69, 9.17) is 22.7 Å². The molecule has 158 valence electrons. The minimum Gasteiger partial charge on any atom is -0.494 e. The van der Waals surface area contributed by atoms with E-state index in [2.05, 4.69) is 16.9 Å². The number of amides is 2. The van der Waals surface area contributed by atoms with Gasteiger partial charge < -0.3 is 15.6 Å². The van der Waals surface area contributed by atoms with Crippen molar-refractivity contribution in [2.75, 3.05) is 0 Å². The minimum atomic E-state index is -0.788. The highest BCUT2D eigenvalue weighted by Gasteiger charge is 2.14. The third-order valence-electron chi connectivity index (χ3n) is 3.95. The number of aromatic amines is 1. The van der Waals surface area contributed by atoms with Gasteiger partial charge in [0.1, 0.15) is 12.2 Å². The molecule has 1 heterocycles. The number of primary amides is 1. The van der Waals surface area contributed by atoms with Gasteiger partial charge in [0.2, 0.25) is 11.8 Å². The lowest BCUT2D eigenvalue weighted by Gasteiger charge is -2.12. The number of nitrogens with two attached hydrogens (primary N) is 1. The van der Waals surface area contributed by atoms with E-state index in [0.29, 0.717) is 0 Å². The number of benzene rings is 1. The molecule has 0 unspecified atom stereocenters. The van der Waals surface area contributed by atoms with Crippen molar-refractivity contribution in [3.05, 3.63) is 74.9 Å². The van der Waals surface area contributed by atoms with Gasteiger partial charge in [0.05, 0.1) is 0 Å². The SMILES string of the molecule is C=CCn1c(O)c(C=C(CCC(N)=O)NC(=O)OCc2ccccc2)c(=O)[nH]c1=S. The van der Waals surface area contributed by atoms with Crippen LogP contribution < -0.4 is 16.6 Å². The molecule has 2 rings (SSSR count). The van der Waals surface area contributed by atoms with Crippen molar-refractivity contribution >= 4 is 30.3 Å². The maximum absolute atomic E-state index is 12.3. The Morgan fingerprint density at radius 1 is 1.30 bits per heavy atom. The number of alkyl carbamates (subject to hydrolysis) is 1. The Balaban J connectivity index is 2.28. The first-order chi connectivity index (χ1) is 14.3. The molecule has 0 fully saturated rings. The highest BCUT2D eigenvalue weighted by atomic mass is 32.1. The molecule has 0 radical (unpaired) electrons. The summed E-state index contributed by atoms with van der Waals surface area (Å²) in [5.41, 5.74) is 5.33. The molecular weight excluding hydrogens is 408 g/mol. The average molecular weight is 430 g/mol. The van der Waals surface area contributed by atoms with Crippen LogP contribution in [-0.4, -0.2) is 26.7 Å². The van der Waals surface area contributed by atoms with Crippen LogP contribution in [0.3, 0.4) is 0 Å². The molecule has 0 aliphatic rings. The fourth-order valence-corrected chi connectivity index (χ4v) is 2.75. The summed E-state index contributed by atoms with van der Waals surface area (Å²) in [6.45, 7) is 3.77. The monoisotopic (exact) mass is 430 g/mol. The second kappa shape index (κ2) is 10.8. The quantitative estimate of drug-likeness (QED) is 0.356. The largest absolute Gasteiger partial charge is 0.494 e. The third kappa shape index (κ3) is 6.45. The number of nitrogens with one attached hydrogen (secondary N) is 2. The fraction of sp³-hybridized carbons (Fsp3) is 0.200. The molecule has 2 amide bonds. The number of carbonyl (C=O) groups excluding carboxylic acids is 2. The van der Waals surface area contributed by atoms with E-state index < -0.39 is 23.4 Å². The van der Waals surface area contributed by atoms with Crippen molar-refractivity contribution in [2.24, 2.45) is 5.73 Å². The Bertz CT molecular complexity index is 1070. The number of rotatable bonds is 9. The molecule has 0 saturated heterocycles. The zero-order valence-electron chi connectivity index (χ0n) is 16.1. The maximum atomic E-state index is 12.3. The number of carbonyl (C=O) groups is 2. The molecule has 0 spiro atoms. The van der Waals surface area contributed by atoms with E-state index in [1.165, 1.54) is 16.7 Å². The van der Waals surface area contributed by atoms with Gasteiger partial charge >= 0.3 is 6.09 Å². The van der Waals surface area contributed by atoms with Crippen LogP contribution in [0.1, 0.15) is 24.0 Å². The van der Waals surface area contributed by atoms with E-state index in [1.807, 2.05) is 18.2 Å². The third-order valence-corrected chi connectivity index (χ3v) is 4.28. The molecule has 2 aromatic rings. The number of H-pyrrole nitrogens is 1. The zero-order valence-corrected chi connectivity index (χ0v) is 16.9. The van der Waals surface area contributed by atoms with E-state index in [0.717, 1.165) is 5.56 Å². The Morgan fingerprint density at radius 2 is 2.00 bits per heavy atom. The molecular formula is C20H22N4O5S. The number of aromatic nitrogens is 2. The lowest BCUT2D eigenvalue weighted by molar-refractivity contribution is -0.118. The Labute approximate surface area is 177 Å². The first-order valence-electron chi connectivity index (χ1n) is 8.95. The molecule has 10 heteroatoms. The van der Waals surface area contributed by atoms with Gasteiger partial charge in [-0.2, -0.15) is 0 Å². The van der Waals surface area contributed by atoms with Crippen molar-refractivity contribution in [1.29, 1.82) is 0 Å². The van der Waals surface area contributed by atoms with Gasteiger partial charge in [0.25, 0.3) is 5.56 Å². The lowest BCUT2D eigenvalue weighted by atomic mass is 10.1. The molecule has 30 heavy (non-hydrogen) atoms. The van der Waals surface area contributed by atoms with Crippen LogP contribution in [0.15, 0.2) is 53.5 Å². The number of nitrogens with zero attached hydrogens (tertiary/aromatic N) is 1. The second-order valence-corrected chi connectivity index (χ2v) is 6.61. The van der Waals surface area contributed by atoms with E-state index in [1.54, 1.807) is 12.1 Å². The van der Waals surface area contributed by atoms with Crippen LogP contribution in [0.25, 0.3) is 6.08 Å². The smallest absolute Gasteiger partial charge is 0.411 e. The molecule has 9 nitrogen and oxygen atoms in total. The van der Waals surface area contributed by atoms with Crippen LogP contribution in [-0.2, 0) is 22.7 Å². The number of aromatic hydroxyl groups is 1. The summed E-state index contributed by atoms with van der Waals surface area (Å²) in [4.78, 5) is 38.1. The summed E-state index contributed by atoms with van der Waals surface area (Å²) >= 11 is 5.03. The molecule has 0 atom stereocenters. The summed E-state index contributed by atoms with van der Waals surface area (Å²) in [5.74, 6) is -0.999. The fourth-order valence-electron chi connectivity index (χ4n) is 2.50. The van der Waals surface area contributed by atoms with Crippen molar-refractivity contribution in [2.45, 2.75) is 26.0 Å². The van der Waals surface area contributed by atoms with Crippen molar-refractivity contribution in [3.63, 3.8) is 0 Å². The maximum Gasteiger partial charge on any atom is 0.411 e. The molecule has 0 bridgehead atoms. The molecule has 1 aromatic carbocycles. The van der Waals surface area contributed by atoms with Gasteiger partial charge in [-0.1, -0.05) is 36.4 Å². The second-order valence-electron chi connectivity index (χ2n) is 6.22. The van der Waals surface area contributed by atoms with Gasteiger partial charge in [-0.25, -0.2) is 4.79 Å². The number of ether oxygens (including phenoxy) is 1. The van der Waals surface area contributed by atoms with E-state index in [-0.39, 0.29) is 42.0 Å². The first kappa shape index (κ1) is 22.6. The minimum absolute atomic E-state index is 0.0171.